The summed E-state index contributed by atoms with van der Waals surface area (Å²) in [6.07, 6.45) is 1.68. The van der Waals surface area contributed by atoms with E-state index in [1.54, 1.807) is 47.9 Å². The molecule has 4 aromatic rings. The Morgan fingerprint density at radius 1 is 1.26 bits per heavy atom. The van der Waals surface area contributed by atoms with Crippen LogP contribution in [0, 0.1) is 6.92 Å². The number of nitrogens with two attached hydrogens (primary N) is 1. The summed E-state index contributed by atoms with van der Waals surface area (Å²) in [5, 5.41) is 7.91. The lowest BCUT2D eigenvalue weighted by Crippen LogP contribution is -2.23. The fourth-order valence-corrected chi connectivity index (χ4v) is 2.53. The molecule has 8 nitrogen and oxygen atoms in total. The smallest absolute Gasteiger partial charge is 0.405 e. The first-order valence-corrected chi connectivity index (χ1v) is 6.82. The van der Waals surface area contributed by atoms with E-state index in [1.165, 1.54) is 0 Å². The molecule has 0 saturated heterocycles. The minimum Gasteiger partial charge on any atom is -0.405 e. The number of carbonyl (C=O) groups is 1. The van der Waals surface area contributed by atoms with Crippen molar-refractivity contribution < 1.29 is 9.21 Å². The highest BCUT2D eigenvalue weighted by atomic mass is 16.4. The van der Waals surface area contributed by atoms with Gasteiger partial charge in [-0.1, -0.05) is 6.07 Å². The normalized spacial score (nSPS) is 11.3. The van der Waals surface area contributed by atoms with Gasteiger partial charge in [0.05, 0.1) is 5.69 Å². The molecule has 0 aliphatic heterocycles. The maximum atomic E-state index is 12.7. The van der Waals surface area contributed by atoms with Gasteiger partial charge in [-0.2, -0.15) is 0 Å². The van der Waals surface area contributed by atoms with Gasteiger partial charge in [0.1, 0.15) is 11.3 Å². The van der Waals surface area contributed by atoms with Gasteiger partial charge in [0, 0.05) is 11.8 Å². The molecule has 2 N–H and O–H groups in total. The van der Waals surface area contributed by atoms with Gasteiger partial charge in [-0.05, 0) is 31.2 Å². The molecule has 3 heterocycles. The highest BCUT2D eigenvalue weighted by Crippen LogP contribution is 2.20. The lowest BCUT2D eigenvalue weighted by atomic mass is 10.2. The molecule has 0 bridgehead atoms. The predicted molar refractivity (Wildman–Crippen MR) is 82.3 cm³/mol. The predicted octanol–water partition coefficient (Wildman–Crippen LogP) is 1.22. The zero-order chi connectivity index (χ0) is 16.1. The molecule has 8 heteroatoms. The van der Waals surface area contributed by atoms with Gasteiger partial charge in [0.15, 0.2) is 11.2 Å². The van der Waals surface area contributed by atoms with Crippen molar-refractivity contribution in [2.45, 2.75) is 6.92 Å². The lowest BCUT2D eigenvalue weighted by Gasteiger charge is -2.02. The summed E-state index contributed by atoms with van der Waals surface area (Å²) in [5.74, 6) is -0.583. The molecule has 0 aliphatic carbocycles. The van der Waals surface area contributed by atoms with Crippen molar-refractivity contribution in [1.82, 2.24) is 19.2 Å². The third-order valence-corrected chi connectivity index (χ3v) is 3.67. The number of oxazole rings is 1. The number of nitrogens with zero attached hydrogens (tertiary/aromatic N) is 4. The number of carbonyl (C=O) groups excluding carboxylic acids is 1. The molecule has 0 atom stereocenters. The Hall–Kier alpha value is -3.42. The highest BCUT2D eigenvalue weighted by Gasteiger charge is 2.19. The molecular weight excluding hydrogens is 298 g/mol. The first-order valence-electron chi connectivity index (χ1n) is 6.82. The van der Waals surface area contributed by atoms with E-state index in [0.29, 0.717) is 28.2 Å². The molecule has 114 valence electrons. The van der Waals surface area contributed by atoms with E-state index in [4.69, 9.17) is 10.2 Å². The molecule has 1 aromatic carbocycles. The summed E-state index contributed by atoms with van der Waals surface area (Å²) >= 11 is 0. The third-order valence-electron chi connectivity index (χ3n) is 3.67. The minimum absolute atomic E-state index is 0.199. The standard InChI is InChI=1S/C15H11N5O3/c1-8-17-18-12-7-9(5-6-19(8)12)14(21)20-11-4-2-3-10(16)13(11)23-15(20)22/h2-7H,16H2,1H3. The Labute approximate surface area is 128 Å². The van der Waals surface area contributed by atoms with Crippen LogP contribution in [-0.2, 0) is 0 Å². The summed E-state index contributed by atoms with van der Waals surface area (Å²) in [5.41, 5.74) is 7.43. The van der Waals surface area contributed by atoms with Crippen LogP contribution in [0.1, 0.15) is 16.2 Å². The number of fused-ring (bicyclic) bond motifs is 2. The van der Waals surface area contributed by atoms with Gasteiger partial charge < -0.3 is 10.2 Å². The van der Waals surface area contributed by atoms with Crippen molar-refractivity contribution in [2.75, 3.05) is 5.73 Å². The van der Waals surface area contributed by atoms with Crippen LogP contribution < -0.4 is 11.5 Å². The van der Waals surface area contributed by atoms with Crippen molar-refractivity contribution in [2.24, 2.45) is 0 Å². The van der Waals surface area contributed by atoms with Crippen LogP contribution >= 0.6 is 0 Å². The largest absolute Gasteiger partial charge is 0.427 e. The monoisotopic (exact) mass is 309 g/mol. The zero-order valence-electron chi connectivity index (χ0n) is 12.1. The Morgan fingerprint density at radius 2 is 2.09 bits per heavy atom. The number of aryl methyl sites for hydroxylation is 1. The second kappa shape index (κ2) is 4.54. The number of hydrogen-bond donors (Lipinski definition) is 1. The van der Waals surface area contributed by atoms with Crippen molar-refractivity contribution in [3.05, 3.63) is 58.5 Å². The van der Waals surface area contributed by atoms with Gasteiger partial charge in [-0.25, -0.2) is 9.36 Å². The Morgan fingerprint density at radius 3 is 2.91 bits per heavy atom. The Bertz CT molecular complexity index is 1140. The maximum absolute atomic E-state index is 12.7. The molecule has 0 radical (unpaired) electrons. The van der Waals surface area contributed by atoms with Gasteiger partial charge in [-0.15, -0.1) is 10.2 Å². The van der Waals surface area contributed by atoms with Crippen LogP contribution in [0.3, 0.4) is 0 Å². The zero-order valence-corrected chi connectivity index (χ0v) is 12.1. The topological polar surface area (TPSA) is 108 Å². The molecule has 23 heavy (non-hydrogen) atoms. The molecule has 0 amide bonds. The first kappa shape index (κ1) is 13.3. The van der Waals surface area contributed by atoms with Gasteiger partial charge in [0.2, 0.25) is 0 Å². The molecule has 0 aliphatic rings. The van der Waals surface area contributed by atoms with E-state index in [0.717, 1.165) is 4.57 Å². The Balaban J connectivity index is 1.92. The average Bonchev–Trinajstić information content (AvgIpc) is 3.07. The Kier molecular flexibility index (Phi) is 2.61. The second-order valence-electron chi connectivity index (χ2n) is 5.09. The van der Waals surface area contributed by atoms with E-state index < -0.39 is 11.7 Å². The fraction of sp³-hybridized carbons (Fsp3) is 0.0667. The molecule has 0 fully saturated rings. The second-order valence-corrected chi connectivity index (χ2v) is 5.09. The van der Waals surface area contributed by atoms with Crippen LogP contribution in [-0.4, -0.2) is 25.1 Å². The van der Waals surface area contributed by atoms with E-state index in [1.807, 2.05) is 0 Å². The maximum Gasteiger partial charge on any atom is 0.427 e. The highest BCUT2D eigenvalue weighted by molar-refractivity contribution is 6.02. The summed E-state index contributed by atoms with van der Waals surface area (Å²) in [7, 11) is 0. The number of pyridine rings is 1. The van der Waals surface area contributed by atoms with Crippen LogP contribution in [0.4, 0.5) is 5.69 Å². The fourth-order valence-electron chi connectivity index (χ4n) is 2.53. The van der Waals surface area contributed by atoms with E-state index >= 15 is 0 Å². The van der Waals surface area contributed by atoms with E-state index in [-0.39, 0.29) is 5.58 Å². The van der Waals surface area contributed by atoms with Crippen molar-refractivity contribution in [3.8, 4) is 0 Å². The number of nitrogen functional groups attached to an aromatic ring is 1. The van der Waals surface area contributed by atoms with Crippen LogP contribution in [0.2, 0.25) is 0 Å². The van der Waals surface area contributed by atoms with Crippen molar-refractivity contribution in [3.63, 3.8) is 0 Å². The number of anilines is 1. The van der Waals surface area contributed by atoms with Gasteiger partial charge in [0.25, 0.3) is 5.91 Å². The van der Waals surface area contributed by atoms with Crippen LogP contribution in [0.25, 0.3) is 16.7 Å². The van der Waals surface area contributed by atoms with Crippen LogP contribution in [0.5, 0.6) is 0 Å². The minimum atomic E-state index is -0.777. The van der Waals surface area contributed by atoms with E-state index in [2.05, 4.69) is 10.2 Å². The molecule has 0 saturated carbocycles. The number of aromatic nitrogens is 4. The summed E-state index contributed by atoms with van der Waals surface area (Å²) in [6, 6.07) is 8.03. The van der Waals surface area contributed by atoms with Crippen molar-refractivity contribution in [1.29, 1.82) is 0 Å². The molecule has 0 unspecified atom stereocenters. The summed E-state index contributed by atoms with van der Waals surface area (Å²) in [6.45, 7) is 1.80. The van der Waals surface area contributed by atoms with Crippen molar-refractivity contribution >= 4 is 28.3 Å². The third kappa shape index (κ3) is 1.85. The SMILES string of the molecule is Cc1nnc2cc(C(=O)n3c(=O)oc4c(N)cccc43)ccn12. The quantitative estimate of drug-likeness (QED) is 0.529. The summed E-state index contributed by atoms with van der Waals surface area (Å²) in [4.78, 5) is 24.8. The first-order chi connectivity index (χ1) is 11.1. The number of benzene rings is 1. The molecule has 4 rings (SSSR count). The molecular formula is C15H11N5O3. The van der Waals surface area contributed by atoms with E-state index in [9.17, 15) is 9.59 Å². The number of para-hydroxylation sites is 1. The molecule has 0 spiro atoms. The number of hydrogen-bond acceptors (Lipinski definition) is 6. The lowest BCUT2D eigenvalue weighted by molar-refractivity contribution is 0.0956. The molecule has 3 aromatic heterocycles. The van der Waals surface area contributed by atoms with Crippen LogP contribution in [0.15, 0.2) is 45.7 Å². The summed E-state index contributed by atoms with van der Waals surface area (Å²) < 4.78 is 7.79. The van der Waals surface area contributed by atoms with Gasteiger partial charge >= 0.3 is 5.76 Å². The number of rotatable bonds is 1. The van der Waals surface area contributed by atoms with Gasteiger partial charge in [-0.3, -0.25) is 9.20 Å². The average molecular weight is 309 g/mol.